The number of nitrogens with one attached hydrogen (secondary N) is 1. The molecule has 0 saturated carbocycles. The normalized spacial score (nSPS) is 20.9. The fourth-order valence-corrected chi connectivity index (χ4v) is 4.45. The van der Waals surface area contributed by atoms with E-state index in [4.69, 9.17) is 10.00 Å². The van der Waals surface area contributed by atoms with Crippen LogP contribution in [-0.2, 0) is 21.8 Å². The van der Waals surface area contributed by atoms with Crippen molar-refractivity contribution in [1.29, 1.82) is 5.26 Å². The third kappa shape index (κ3) is 3.06. The fourth-order valence-electron chi connectivity index (χ4n) is 2.95. The predicted octanol–water partition coefficient (Wildman–Crippen LogP) is 1.41. The van der Waals surface area contributed by atoms with Crippen LogP contribution < -0.4 is 4.72 Å². The van der Waals surface area contributed by atoms with Gasteiger partial charge in [0, 0.05) is 19.9 Å². The van der Waals surface area contributed by atoms with Crippen molar-refractivity contribution >= 4 is 10.0 Å². The molecule has 1 aliphatic rings. The number of ether oxygens (including phenoxy) is 1. The second-order valence-corrected chi connectivity index (χ2v) is 7.46. The molecule has 7 nitrogen and oxygen atoms in total. The maximum atomic E-state index is 12.7. The van der Waals surface area contributed by atoms with Gasteiger partial charge in [-0.15, -0.1) is 0 Å². The molecule has 24 heavy (non-hydrogen) atoms. The van der Waals surface area contributed by atoms with Gasteiger partial charge in [0.2, 0.25) is 10.0 Å². The lowest BCUT2D eigenvalue weighted by Gasteiger charge is -2.20. The summed E-state index contributed by atoms with van der Waals surface area (Å²) in [6, 6.07) is 8.01. The molecule has 0 spiro atoms. The average molecular weight is 346 g/mol. The first kappa shape index (κ1) is 16.6. The zero-order chi connectivity index (χ0) is 17.3. The van der Waals surface area contributed by atoms with Gasteiger partial charge in [-0.25, -0.2) is 13.1 Å². The van der Waals surface area contributed by atoms with Crippen molar-refractivity contribution in [3.63, 3.8) is 0 Å². The summed E-state index contributed by atoms with van der Waals surface area (Å²) in [6.45, 7) is 2.16. The third-order valence-corrected chi connectivity index (χ3v) is 5.79. The van der Waals surface area contributed by atoms with Gasteiger partial charge in [-0.2, -0.15) is 10.4 Å². The summed E-state index contributed by atoms with van der Waals surface area (Å²) in [5, 5.41) is 13.0. The second kappa shape index (κ2) is 6.36. The molecule has 3 rings (SSSR count). The molecule has 2 aromatic rings. The quantitative estimate of drug-likeness (QED) is 0.903. The molecule has 2 atom stereocenters. The molecule has 0 unspecified atom stereocenters. The standard InChI is InChI=1S/C16H18N4O3S/c1-11-9-12(10-17)3-4-15(11)24(21,22)19-13-6-8-23-16(13)14-5-7-18-20(14)2/h3-5,7,9,13,16,19H,6,8H2,1-2H3/t13-,16-/m0/s1. The molecule has 2 heterocycles. The van der Waals surface area contributed by atoms with Crippen molar-refractivity contribution in [3.8, 4) is 6.07 Å². The van der Waals surface area contributed by atoms with Gasteiger partial charge in [0.25, 0.3) is 0 Å². The highest BCUT2D eigenvalue weighted by Crippen LogP contribution is 2.30. The minimum atomic E-state index is -3.71. The molecule has 1 aliphatic heterocycles. The van der Waals surface area contributed by atoms with Crippen molar-refractivity contribution in [2.75, 3.05) is 6.61 Å². The van der Waals surface area contributed by atoms with E-state index < -0.39 is 10.0 Å². The summed E-state index contributed by atoms with van der Waals surface area (Å²) >= 11 is 0. The predicted molar refractivity (Wildman–Crippen MR) is 86.5 cm³/mol. The molecule has 0 bridgehead atoms. The van der Waals surface area contributed by atoms with Gasteiger partial charge in [-0.3, -0.25) is 4.68 Å². The lowest BCUT2D eigenvalue weighted by Crippen LogP contribution is -2.37. The molecule has 1 aromatic carbocycles. The topological polar surface area (TPSA) is 97.0 Å². The van der Waals surface area contributed by atoms with E-state index in [0.717, 1.165) is 5.69 Å². The van der Waals surface area contributed by atoms with Crippen LogP contribution in [0.25, 0.3) is 0 Å². The smallest absolute Gasteiger partial charge is 0.241 e. The minimum absolute atomic E-state index is 0.178. The fraction of sp³-hybridized carbons (Fsp3) is 0.375. The number of rotatable bonds is 4. The zero-order valence-corrected chi connectivity index (χ0v) is 14.2. The summed E-state index contributed by atoms with van der Waals surface area (Å²) in [6.07, 6.45) is 1.88. The molecule has 0 amide bonds. The molecule has 0 radical (unpaired) electrons. The van der Waals surface area contributed by atoms with Gasteiger partial charge in [0.05, 0.1) is 28.3 Å². The number of sulfonamides is 1. The zero-order valence-electron chi connectivity index (χ0n) is 13.4. The van der Waals surface area contributed by atoms with E-state index >= 15 is 0 Å². The van der Waals surface area contributed by atoms with Gasteiger partial charge < -0.3 is 4.74 Å². The van der Waals surface area contributed by atoms with Crippen molar-refractivity contribution in [2.45, 2.75) is 30.4 Å². The first-order chi connectivity index (χ1) is 11.4. The minimum Gasteiger partial charge on any atom is -0.370 e. The Morgan fingerprint density at radius 3 is 2.83 bits per heavy atom. The number of aryl methyl sites for hydroxylation is 2. The Morgan fingerprint density at radius 2 is 2.21 bits per heavy atom. The highest BCUT2D eigenvalue weighted by molar-refractivity contribution is 7.89. The van der Waals surface area contributed by atoms with Crippen LogP contribution in [0.4, 0.5) is 0 Å². The number of hydrogen-bond donors (Lipinski definition) is 1. The Bertz CT molecular complexity index is 898. The molecule has 0 aliphatic carbocycles. The van der Waals surface area contributed by atoms with Crippen LogP contribution in [0.2, 0.25) is 0 Å². The van der Waals surface area contributed by atoms with Crippen molar-refractivity contribution in [3.05, 3.63) is 47.3 Å². The molecular weight excluding hydrogens is 328 g/mol. The number of hydrogen-bond acceptors (Lipinski definition) is 5. The highest BCUT2D eigenvalue weighted by atomic mass is 32.2. The van der Waals surface area contributed by atoms with Gasteiger partial charge in [-0.1, -0.05) is 0 Å². The van der Waals surface area contributed by atoms with E-state index in [1.807, 2.05) is 12.1 Å². The monoisotopic (exact) mass is 346 g/mol. The Balaban J connectivity index is 1.87. The Kier molecular flexibility index (Phi) is 4.41. The van der Waals surface area contributed by atoms with E-state index in [0.29, 0.717) is 24.2 Å². The number of aromatic nitrogens is 2. The van der Waals surface area contributed by atoms with Crippen LogP contribution in [0.1, 0.15) is 29.3 Å². The first-order valence-corrected chi connectivity index (χ1v) is 9.03. The molecule has 1 N–H and O–H groups in total. The number of nitrogens with zero attached hydrogens (tertiary/aromatic N) is 3. The van der Waals surface area contributed by atoms with Crippen LogP contribution in [0.15, 0.2) is 35.4 Å². The molecule has 1 fully saturated rings. The summed E-state index contributed by atoms with van der Waals surface area (Å²) in [5.74, 6) is 0. The molecule has 1 aromatic heterocycles. The van der Waals surface area contributed by atoms with Crippen LogP contribution in [0.3, 0.4) is 0 Å². The number of nitriles is 1. The molecule has 1 saturated heterocycles. The average Bonchev–Trinajstić information content (AvgIpc) is 3.14. The Labute approximate surface area is 140 Å². The summed E-state index contributed by atoms with van der Waals surface area (Å²) < 4.78 is 35.6. The molecular formula is C16H18N4O3S. The summed E-state index contributed by atoms with van der Waals surface area (Å²) in [5.41, 5.74) is 1.80. The van der Waals surface area contributed by atoms with E-state index in [2.05, 4.69) is 9.82 Å². The SMILES string of the molecule is Cc1cc(C#N)ccc1S(=O)(=O)N[C@H]1CCO[C@@H]1c1ccnn1C. The Morgan fingerprint density at radius 1 is 1.42 bits per heavy atom. The lowest BCUT2D eigenvalue weighted by molar-refractivity contribution is 0.0959. The van der Waals surface area contributed by atoms with Gasteiger partial charge in [0.15, 0.2) is 0 Å². The van der Waals surface area contributed by atoms with Crippen molar-refractivity contribution in [1.82, 2.24) is 14.5 Å². The van der Waals surface area contributed by atoms with Gasteiger partial charge in [-0.05, 0) is 43.2 Å². The van der Waals surface area contributed by atoms with Crippen LogP contribution >= 0.6 is 0 Å². The van der Waals surface area contributed by atoms with Crippen molar-refractivity contribution in [2.24, 2.45) is 7.05 Å². The van der Waals surface area contributed by atoms with Crippen LogP contribution in [0, 0.1) is 18.3 Å². The van der Waals surface area contributed by atoms with Crippen LogP contribution in [-0.4, -0.2) is 30.8 Å². The van der Waals surface area contributed by atoms with E-state index in [-0.39, 0.29) is 17.0 Å². The maximum absolute atomic E-state index is 12.7. The third-order valence-electron chi connectivity index (χ3n) is 4.14. The maximum Gasteiger partial charge on any atom is 0.241 e. The largest absolute Gasteiger partial charge is 0.370 e. The molecule has 8 heteroatoms. The Hall–Kier alpha value is -2.21. The van der Waals surface area contributed by atoms with Crippen LogP contribution in [0.5, 0.6) is 0 Å². The van der Waals surface area contributed by atoms with E-state index in [1.54, 1.807) is 30.9 Å². The lowest BCUT2D eigenvalue weighted by atomic mass is 10.1. The first-order valence-electron chi connectivity index (χ1n) is 7.55. The summed E-state index contributed by atoms with van der Waals surface area (Å²) in [4.78, 5) is 0.178. The number of benzene rings is 1. The highest BCUT2D eigenvalue weighted by Gasteiger charge is 2.35. The van der Waals surface area contributed by atoms with Crippen molar-refractivity contribution < 1.29 is 13.2 Å². The molecule has 126 valence electrons. The van der Waals surface area contributed by atoms with E-state index in [1.165, 1.54) is 12.1 Å². The van der Waals surface area contributed by atoms with Gasteiger partial charge in [0.1, 0.15) is 6.10 Å². The van der Waals surface area contributed by atoms with E-state index in [9.17, 15) is 8.42 Å². The second-order valence-electron chi connectivity index (χ2n) is 5.78. The summed E-state index contributed by atoms with van der Waals surface area (Å²) in [7, 11) is -1.91. The van der Waals surface area contributed by atoms with Gasteiger partial charge >= 0.3 is 0 Å².